The van der Waals surface area contributed by atoms with Crippen molar-refractivity contribution in [2.45, 2.75) is 63.1 Å². The van der Waals surface area contributed by atoms with Crippen LogP contribution < -0.4 is 5.32 Å². The van der Waals surface area contributed by atoms with Crippen molar-refractivity contribution in [3.05, 3.63) is 0 Å². The first-order valence-corrected chi connectivity index (χ1v) is 7.51. The second-order valence-electron chi connectivity index (χ2n) is 6.22. The van der Waals surface area contributed by atoms with Crippen LogP contribution in [0.3, 0.4) is 0 Å². The molecule has 102 valence electrons. The molecular weight excluding hydrogens is 226 g/mol. The smallest absolute Gasteiger partial charge is 0.317 e. The summed E-state index contributed by atoms with van der Waals surface area (Å²) in [7, 11) is 2.22. The Morgan fingerprint density at radius 1 is 1.06 bits per heavy atom. The fraction of sp³-hybridized carbons (Fsp3) is 0.929. The first-order valence-electron chi connectivity index (χ1n) is 7.51. The van der Waals surface area contributed by atoms with E-state index in [1.807, 2.05) is 0 Å². The van der Waals surface area contributed by atoms with Crippen molar-refractivity contribution in [3.63, 3.8) is 0 Å². The SMILES string of the molecule is CN1[C@@H]2CC[C@H]1CN(C(=O)NC1CCCC1)CC2. The quantitative estimate of drug-likeness (QED) is 0.771. The lowest BCUT2D eigenvalue weighted by Gasteiger charge is -2.27. The van der Waals surface area contributed by atoms with Crippen molar-refractivity contribution >= 4 is 6.03 Å². The van der Waals surface area contributed by atoms with Gasteiger partial charge in [0.25, 0.3) is 0 Å². The van der Waals surface area contributed by atoms with Crippen molar-refractivity contribution in [3.8, 4) is 0 Å². The van der Waals surface area contributed by atoms with Crippen LogP contribution in [0.15, 0.2) is 0 Å². The Labute approximate surface area is 110 Å². The van der Waals surface area contributed by atoms with Crippen molar-refractivity contribution < 1.29 is 4.79 Å². The Kier molecular flexibility index (Phi) is 3.46. The zero-order valence-electron chi connectivity index (χ0n) is 11.4. The molecule has 0 unspecified atom stereocenters. The highest BCUT2D eigenvalue weighted by atomic mass is 16.2. The number of hydrogen-bond donors (Lipinski definition) is 1. The zero-order valence-corrected chi connectivity index (χ0v) is 11.4. The maximum Gasteiger partial charge on any atom is 0.317 e. The van der Waals surface area contributed by atoms with Crippen LogP contribution in [-0.4, -0.2) is 54.1 Å². The molecule has 4 heteroatoms. The maximum atomic E-state index is 12.3. The number of fused-ring (bicyclic) bond motifs is 2. The molecule has 2 saturated heterocycles. The molecule has 0 radical (unpaired) electrons. The lowest BCUT2D eigenvalue weighted by Crippen LogP contribution is -2.47. The minimum atomic E-state index is 0.183. The van der Waals surface area contributed by atoms with Gasteiger partial charge in [-0.15, -0.1) is 0 Å². The molecule has 2 atom stereocenters. The number of nitrogens with zero attached hydrogens (tertiary/aromatic N) is 2. The van der Waals surface area contributed by atoms with E-state index in [1.165, 1.54) is 38.5 Å². The van der Waals surface area contributed by atoms with E-state index in [-0.39, 0.29) is 6.03 Å². The van der Waals surface area contributed by atoms with Gasteiger partial charge in [0.1, 0.15) is 0 Å². The van der Waals surface area contributed by atoms with E-state index in [4.69, 9.17) is 0 Å². The van der Waals surface area contributed by atoms with E-state index < -0.39 is 0 Å². The highest BCUT2D eigenvalue weighted by molar-refractivity contribution is 5.74. The Morgan fingerprint density at radius 3 is 2.56 bits per heavy atom. The molecule has 2 heterocycles. The fourth-order valence-corrected chi connectivity index (χ4v) is 3.83. The third kappa shape index (κ3) is 2.35. The Morgan fingerprint density at radius 2 is 1.78 bits per heavy atom. The van der Waals surface area contributed by atoms with Crippen LogP contribution in [0.4, 0.5) is 4.79 Å². The number of nitrogens with one attached hydrogen (secondary N) is 1. The highest BCUT2D eigenvalue weighted by Gasteiger charge is 2.36. The van der Waals surface area contributed by atoms with Gasteiger partial charge in [0, 0.05) is 31.2 Å². The molecule has 3 aliphatic rings. The number of likely N-dealkylation sites (tertiary alicyclic amines) is 1. The lowest BCUT2D eigenvalue weighted by atomic mass is 10.1. The molecular formula is C14H25N3O. The van der Waals surface area contributed by atoms with Crippen LogP contribution in [0.5, 0.6) is 0 Å². The van der Waals surface area contributed by atoms with Crippen LogP contribution in [0.25, 0.3) is 0 Å². The van der Waals surface area contributed by atoms with Crippen molar-refractivity contribution in [2.24, 2.45) is 0 Å². The number of carbonyl (C=O) groups excluding carboxylic acids is 1. The summed E-state index contributed by atoms with van der Waals surface area (Å²) < 4.78 is 0. The summed E-state index contributed by atoms with van der Waals surface area (Å²) in [6, 6.07) is 1.92. The summed E-state index contributed by atoms with van der Waals surface area (Å²) in [6.45, 7) is 1.86. The van der Waals surface area contributed by atoms with Crippen molar-refractivity contribution in [2.75, 3.05) is 20.1 Å². The van der Waals surface area contributed by atoms with Gasteiger partial charge in [-0.3, -0.25) is 4.90 Å². The van der Waals surface area contributed by atoms with Gasteiger partial charge in [-0.2, -0.15) is 0 Å². The number of likely N-dealkylation sites (N-methyl/N-ethyl adjacent to an activating group) is 1. The van der Waals surface area contributed by atoms with Gasteiger partial charge in [-0.25, -0.2) is 4.79 Å². The van der Waals surface area contributed by atoms with Crippen LogP contribution in [-0.2, 0) is 0 Å². The minimum absolute atomic E-state index is 0.183. The molecule has 2 aliphatic heterocycles. The van der Waals surface area contributed by atoms with Gasteiger partial charge in [0.05, 0.1) is 0 Å². The highest BCUT2D eigenvalue weighted by Crippen LogP contribution is 2.28. The van der Waals surface area contributed by atoms with E-state index in [2.05, 4.69) is 22.2 Å². The molecule has 3 rings (SSSR count). The normalized spacial score (nSPS) is 33.7. The minimum Gasteiger partial charge on any atom is -0.335 e. The average Bonchev–Trinajstić information content (AvgIpc) is 2.89. The van der Waals surface area contributed by atoms with E-state index >= 15 is 0 Å². The summed E-state index contributed by atoms with van der Waals surface area (Å²) in [4.78, 5) is 16.8. The van der Waals surface area contributed by atoms with Crippen LogP contribution >= 0.6 is 0 Å². The third-order valence-corrected chi connectivity index (χ3v) is 5.12. The Balaban J connectivity index is 1.57. The third-order valence-electron chi connectivity index (χ3n) is 5.12. The first-order chi connectivity index (χ1) is 8.74. The molecule has 18 heavy (non-hydrogen) atoms. The number of rotatable bonds is 1. The number of amides is 2. The van der Waals surface area contributed by atoms with Gasteiger partial charge in [0.15, 0.2) is 0 Å². The molecule has 1 saturated carbocycles. The van der Waals surface area contributed by atoms with Gasteiger partial charge < -0.3 is 10.2 Å². The lowest BCUT2D eigenvalue weighted by molar-refractivity contribution is 0.184. The Bertz CT molecular complexity index is 314. The van der Waals surface area contributed by atoms with E-state index in [1.54, 1.807) is 0 Å². The van der Waals surface area contributed by atoms with Crippen LogP contribution in [0, 0.1) is 0 Å². The molecule has 1 N–H and O–H groups in total. The van der Waals surface area contributed by atoms with Gasteiger partial charge >= 0.3 is 6.03 Å². The second-order valence-corrected chi connectivity index (χ2v) is 6.22. The number of carbonyl (C=O) groups is 1. The summed E-state index contributed by atoms with van der Waals surface area (Å²) in [5, 5.41) is 3.22. The molecule has 4 nitrogen and oxygen atoms in total. The topological polar surface area (TPSA) is 35.6 Å². The molecule has 1 aliphatic carbocycles. The molecule has 3 fully saturated rings. The molecule has 0 aromatic carbocycles. The molecule has 0 aromatic heterocycles. The summed E-state index contributed by atoms with van der Waals surface area (Å²) in [5.74, 6) is 0. The monoisotopic (exact) mass is 251 g/mol. The van der Waals surface area contributed by atoms with E-state index in [0.29, 0.717) is 18.1 Å². The number of urea groups is 1. The summed E-state index contributed by atoms with van der Waals surface area (Å²) in [6.07, 6.45) is 8.62. The van der Waals surface area contributed by atoms with Crippen molar-refractivity contribution in [1.82, 2.24) is 15.1 Å². The average molecular weight is 251 g/mol. The molecule has 2 bridgehead atoms. The summed E-state index contributed by atoms with van der Waals surface area (Å²) >= 11 is 0. The number of hydrogen-bond acceptors (Lipinski definition) is 2. The van der Waals surface area contributed by atoms with E-state index in [9.17, 15) is 4.79 Å². The Hall–Kier alpha value is -0.770. The predicted octanol–water partition coefficient (Wildman–Crippen LogP) is 1.81. The first kappa shape index (κ1) is 12.3. The second kappa shape index (κ2) is 5.08. The molecule has 2 amide bonds. The zero-order chi connectivity index (χ0) is 12.5. The van der Waals surface area contributed by atoms with Crippen molar-refractivity contribution in [1.29, 1.82) is 0 Å². The largest absolute Gasteiger partial charge is 0.335 e. The predicted molar refractivity (Wildman–Crippen MR) is 71.6 cm³/mol. The van der Waals surface area contributed by atoms with Crippen LogP contribution in [0.2, 0.25) is 0 Å². The maximum absolute atomic E-state index is 12.3. The fourth-order valence-electron chi connectivity index (χ4n) is 3.83. The van der Waals surface area contributed by atoms with E-state index in [0.717, 1.165) is 19.5 Å². The molecule has 0 spiro atoms. The summed E-state index contributed by atoms with van der Waals surface area (Å²) in [5.41, 5.74) is 0. The van der Waals surface area contributed by atoms with Gasteiger partial charge in [0.2, 0.25) is 0 Å². The van der Waals surface area contributed by atoms with Gasteiger partial charge in [-0.1, -0.05) is 12.8 Å². The van der Waals surface area contributed by atoms with Crippen LogP contribution in [0.1, 0.15) is 44.9 Å². The molecule has 0 aromatic rings. The standard InChI is InChI=1S/C14H25N3O/c1-16-12-6-7-13(16)10-17(9-8-12)14(18)15-11-4-2-3-5-11/h11-13H,2-10H2,1H3,(H,15,18)/t12-,13+/m1/s1. The van der Waals surface area contributed by atoms with Gasteiger partial charge in [-0.05, 0) is 39.2 Å².